The number of hydrogen-bond acceptors (Lipinski definition) is 5. The number of amides is 1. The zero-order valence-electron chi connectivity index (χ0n) is 18.0. The summed E-state index contributed by atoms with van der Waals surface area (Å²) in [6.45, 7) is 1.95. The summed E-state index contributed by atoms with van der Waals surface area (Å²) < 4.78 is 10.5. The molecular formula is C26H23NO5. The van der Waals surface area contributed by atoms with E-state index in [4.69, 9.17) is 9.47 Å². The normalized spacial score (nSPS) is 17.5. The Morgan fingerprint density at radius 1 is 0.875 bits per heavy atom. The van der Waals surface area contributed by atoms with Crippen LogP contribution in [0.25, 0.3) is 5.76 Å². The van der Waals surface area contributed by atoms with Crippen molar-refractivity contribution in [1.29, 1.82) is 0 Å². The van der Waals surface area contributed by atoms with E-state index in [1.54, 1.807) is 67.8 Å². The minimum atomic E-state index is -0.796. The standard InChI is InChI=1S/C26H23NO5/c1-16-7-11-19(12-8-16)27-23(17-9-13-20(31-2)14-10-17)22(25(29)26(27)30)24(28)18-5-4-6-21(15-18)32-3/h4-15,23,28H,1-3H3/b24-22-. The lowest BCUT2D eigenvalue weighted by Crippen LogP contribution is -2.29. The molecule has 0 spiro atoms. The van der Waals surface area contributed by atoms with Crippen LogP contribution in [-0.2, 0) is 9.59 Å². The lowest BCUT2D eigenvalue weighted by Gasteiger charge is -2.25. The van der Waals surface area contributed by atoms with Gasteiger partial charge in [0.15, 0.2) is 0 Å². The van der Waals surface area contributed by atoms with Crippen molar-refractivity contribution in [2.45, 2.75) is 13.0 Å². The van der Waals surface area contributed by atoms with Crippen molar-refractivity contribution in [3.8, 4) is 11.5 Å². The Balaban J connectivity index is 1.92. The molecule has 162 valence electrons. The topological polar surface area (TPSA) is 76.1 Å². The van der Waals surface area contributed by atoms with Crippen LogP contribution in [0.3, 0.4) is 0 Å². The largest absolute Gasteiger partial charge is 0.507 e. The van der Waals surface area contributed by atoms with Gasteiger partial charge in [-0.3, -0.25) is 14.5 Å². The number of methoxy groups -OCH3 is 2. The summed E-state index contributed by atoms with van der Waals surface area (Å²) in [5, 5.41) is 11.2. The van der Waals surface area contributed by atoms with E-state index in [2.05, 4.69) is 0 Å². The molecule has 1 atom stereocenters. The molecule has 32 heavy (non-hydrogen) atoms. The predicted octanol–water partition coefficient (Wildman–Crippen LogP) is 4.64. The molecule has 6 nitrogen and oxygen atoms in total. The van der Waals surface area contributed by atoms with Crippen molar-refractivity contribution < 1.29 is 24.2 Å². The van der Waals surface area contributed by atoms with Crippen molar-refractivity contribution in [2.24, 2.45) is 0 Å². The number of nitrogens with zero attached hydrogens (tertiary/aromatic N) is 1. The van der Waals surface area contributed by atoms with Gasteiger partial charge in [0, 0.05) is 11.3 Å². The van der Waals surface area contributed by atoms with Crippen LogP contribution in [0.2, 0.25) is 0 Å². The Kier molecular flexibility index (Phi) is 5.69. The van der Waals surface area contributed by atoms with E-state index in [1.165, 1.54) is 12.0 Å². The minimum absolute atomic E-state index is 0.0222. The minimum Gasteiger partial charge on any atom is -0.507 e. The number of Topliss-reactive ketones (excluding diaryl/α,β-unsaturated/α-hetero) is 1. The average Bonchev–Trinajstić information content (AvgIpc) is 3.09. The van der Waals surface area contributed by atoms with Crippen LogP contribution in [0, 0.1) is 6.92 Å². The third-order valence-electron chi connectivity index (χ3n) is 5.53. The summed E-state index contributed by atoms with van der Waals surface area (Å²) in [5.41, 5.74) is 2.69. The average molecular weight is 429 g/mol. The van der Waals surface area contributed by atoms with Gasteiger partial charge in [-0.15, -0.1) is 0 Å². The number of aliphatic hydroxyl groups is 1. The Morgan fingerprint density at radius 2 is 1.53 bits per heavy atom. The second kappa shape index (κ2) is 8.59. The molecule has 1 unspecified atom stereocenters. The van der Waals surface area contributed by atoms with Gasteiger partial charge in [-0.1, -0.05) is 42.0 Å². The molecule has 1 fully saturated rings. The number of carbonyl (C=O) groups is 2. The first kappa shape index (κ1) is 21.2. The maximum Gasteiger partial charge on any atom is 0.300 e. The second-order valence-corrected chi connectivity index (χ2v) is 7.51. The van der Waals surface area contributed by atoms with Gasteiger partial charge in [0.25, 0.3) is 11.7 Å². The fraction of sp³-hybridized carbons (Fsp3) is 0.154. The first-order chi connectivity index (χ1) is 15.4. The maximum absolute atomic E-state index is 13.2. The van der Waals surface area contributed by atoms with Gasteiger partial charge < -0.3 is 14.6 Å². The SMILES string of the molecule is COc1ccc(C2/C(=C(/O)c3cccc(OC)c3)C(=O)C(=O)N2c2ccc(C)cc2)cc1. The molecule has 0 aliphatic carbocycles. The monoisotopic (exact) mass is 429 g/mol. The lowest BCUT2D eigenvalue weighted by atomic mass is 9.95. The Bertz CT molecular complexity index is 1200. The number of aliphatic hydroxyl groups excluding tert-OH is 1. The van der Waals surface area contributed by atoms with Gasteiger partial charge in [-0.2, -0.15) is 0 Å². The van der Waals surface area contributed by atoms with Gasteiger partial charge >= 0.3 is 0 Å². The van der Waals surface area contributed by atoms with Crippen LogP contribution in [-0.4, -0.2) is 31.0 Å². The van der Waals surface area contributed by atoms with E-state index in [9.17, 15) is 14.7 Å². The summed E-state index contributed by atoms with van der Waals surface area (Å²) >= 11 is 0. The molecule has 1 aliphatic rings. The molecule has 1 N–H and O–H groups in total. The van der Waals surface area contributed by atoms with E-state index in [0.717, 1.165) is 5.56 Å². The summed E-state index contributed by atoms with van der Waals surface area (Å²) in [7, 11) is 3.09. The highest BCUT2D eigenvalue weighted by molar-refractivity contribution is 6.51. The van der Waals surface area contributed by atoms with Crippen LogP contribution < -0.4 is 14.4 Å². The number of carbonyl (C=O) groups excluding carboxylic acids is 2. The van der Waals surface area contributed by atoms with Crippen molar-refractivity contribution in [3.05, 3.63) is 95.1 Å². The van der Waals surface area contributed by atoms with Crippen LogP contribution >= 0.6 is 0 Å². The summed E-state index contributed by atoms with van der Waals surface area (Å²) in [6.07, 6.45) is 0. The first-order valence-corrected chi connectivity index (χ1v) is 10.1. The number of anilines is 1. The zero-order valence-corrected chi connectivity index (χ0v) is 18.0. The maximum atomic E-state index is 13.2. The van der Waals surface area contributed by atoms with Crippen molar-refractivity contribution >= 4 is 23.1 Å². The number of rotatable bonds is 5. The van der Waals surface area contributed by atoms with Gasteiger partial charge in [-0.25, -0.2) is 0 Å². The molecule has 1 saturated heterocycles. The molecule has 0 bridgehead atoms. The predicted molar refractivity (Wildman–Crippen MR) is 122 cm³/mol. The van der Waals surface area contributed by atoms with Gasteiger partial charge in [0.1, 0.15) is 17.3 Å². The van der Waals surface area contributed by atoms with Crippen molar-refractivity contribution in [1.82, 2.24) is 0 Å². The fourth-order valence-corrected chi connectivity index (χ4v) is 3.83. The van der Waals surface area contributed by atoms with E-state index >= 15 is 0 Å². The zero-order chi connectivity index (χ0) is 22.8. The Hall–Kier alpha value is -4.06. The molecule has 1 heterocycles. The summed E-state index contributed by atoms with van der Waals surface area (Å²) in [4.78, 5) is 27.7. The molecule has 0 radical (unpaired) electrons. The number of ketones is 1. The van der Waals surface area contributed by atoms with E-state index in [1.807, 2.05) is 19.1 Å². The number of aryl methyl sites for hydroxylation is 1. The number of benzene rings is 3. The van der Waals surface area contributed by atoms with Gasteiger partial charge in [-0.05, 0) is 48.9 Å². The fourth-order valence-electron chi connectivity index (χ4n) is 3.83. The Morgan fingerprint density at radius 3 is 2.16 bits per heavy atom. The first-order valence-electron chi connectivity index (χ1n) is 10.1. The molecule has 0 aromatic heterocycles. The van der Waals surface area contributed by atoms with E-state index in [0.29, 0.717) is 28.3 Å². The second-order valence-electron chi connectivity index (χ2n) is 7.51. The highest BCUT2D eigenvalue weighted by atomic mass is 16.5. The Labute approximate surface area is 186 Å². The quantitative estimate of drug-likeness (QED) is 0.363. The molecule has 3 aromatic rings. The third-order valence-corrected chi connectivity index (χ3v) is 5.53. The van der Waals surface area contributed by atoms with E-state index in [-0.39, 0.29) is 11.3 Å². The third kappa shape index (κ3) is 3.71. The molecule has 1 aliphatic heterocycles. The highest BCUT2D eigenvalue weighted by Gasteiger charge is 2.46. The lowest BCUT2D eigenvalue weighted by molar-refractivity contribution is -0.132. The molecule has 4 rings (SSSR count). The molecule has 6 heteroatoms. The van der Waals surface area contributed by atoms with Crippen LogP contribution in [0.4, 0.5) is 5.69 Å². The van der Waals surface area contributed by atoms with Crippen molar-refractivity contribution in [3.63, 3.8) is 0 Å². The smallest absolute Gasteiger partial charge is 0.300 e. The molecular weight excluding hydrogens is 406 g/mol. The van der Waals surface area contributed by atoms with Gasteiger partial charge in [0.2, 0.25) is 0 Å². The van der Waals surface area contributed by atoms with Crippen molar-refractivity contribution in [2.75, 3.05) is 19.1 Å². The van der Waals surface area contributed by atoms with E-state index < -0.39 is 17.7 Å². The summed E-state index contributed by atoms with van der Waals surface area (Å²) in [5.74, 6) is -0.514. The highest BCUT2D eigenvalue weighted by Crippen LogP contribution is 2.42. The number of ether oxygens (including phenoxy) is 2. The molecule has 3 aromatic carbocycles. The molecule has 1 amide bonds. The van der Waals surface area contributed by atoms with Crippen LogP contribution in [0.15, 0.2) is 78.4 Å². The van der Waals surface area contributed by atoms with Gasteiger partial charge in [0.05, 0.1) is 25.8 Å². The molecule has 0 saturated carbocycles. The number of hydrogen-bond donors (Lipinski definition) is 1. The van der Waals surface area contributed by atoms with Crippen LogP contribution in [0.1, 0.15) is 22.7 Å². The van der Waals surface area contributed by atoms with Crippen LogP contribution in [0.5, 0.6) is 11.5 Å². The summed E-state index contributed by atoms with van der Waals surface area (Å²) in [6, 6.07) is 20.4.